The maximum absolute atomic E-state index is 12.0. The molecule has 6 nitrogen and oxygen atoms in total. The SMILES string of the molecule is CCOC(=O)c1c(C2CCNCC2)nc(C)[nH]c1=O. The van der Waals surface area contributed by atoms with Crippen molar-refractivity contribution in [3.8, 4) is 0 Å². The number of esters is 1. The molecule has 0 atom stereocenters. The van der Waals surface area contributed by atoms with Crippen LogP contribution in [0.15, 0.2) is 4.79 Å². The number of carbonyl (C=O) groups is 1. The summed E-state index contributed by atoms with van der Waals surface area (Å²) in [6, 6.07) is 0. The summed E-state index contributed by atoms with van der Waals surface area (Å²) in [7, 11) is 0. The number of hydrogen-bond acceptors (Lipinski definition) is 5. The first-order valence-electron chi connectivity index (χ1n) is 6.62. The highest BCUT2D eigenvalue weighted by Gasteiger charge is 2.26. The van der Waals surface area contributed by atoms with Gasteiger partial charge in [0.15, 0.2) is 0 Å². The smallest absolute Gasteiger partial charge is 0.345 e. The number of aryl methyl sites for hydroxylation is 1. The zero-order valence-corrected chi connectivity index (χ0v) is 11.3. The zero-order chi connectivity index (χ0) is 13.8. The van der Waals surface area contributed by atoms with Gasteiger partial charge in [0.05, 0.1) is 12.3 Å². The van der Waals surface area contributed by atoms with Gasteiger partial charge in [0, 0.05) is 5.92 Å². The number of carbonyl (C=O) groups excluding carboxylic acids is 1. The van der Waals surface area contributed by atoms with Gasteiger partial charge in [-0.2, -0.15) is 0 Å². The molecule has 0 spiro atoms. The third kappa shape index (κ3) is 3.01. The molecule has 0 amide bonds. The Morgan fingerprint density at radius 1 is 1.42 bits per heavy atom. The fourth-order valence-electron chi connectivity index (χ4n) is 2.40. The van der Waals surface area contributed by atoms with E-state index in [4.69, 9.17) is 4.74 Å². The summed E-state index contributed by atoms with van der Waals surface area (Å²) in [5.41, 5.74) is 0.250. The lowest BCUT2D eigenvalue weighted by atomic mass is 9.91. The van der Waals surface area contributed by atoms with E-state index in [0.29, 0.717) is 11.5 Å². The highest BCUT2D eigenvalue weighted by atomic mass is 16.5. The molecule has 19 heavy (non-hydrogen) atoms. The van der Waals surface area contributed by atoms with Gasteiger partial charge in [-0.3, -0.25) is 4.79 Å². The monoisotopic (exact) mass is 265 g/mol. The Hall–Kier alpha value is -1.69. The Bertz CT molecular complexity index is 518. The van der Waals surface area contributed by atoms with Gasteiger partial charge in [-0.05, 0) is 39.8 Å². The molecule has 1 aromatic heterocycles. The minimum absolute atomic E-state index is 0.0688. The Morgan fingerprint density at radius 3 is 2.74 bits per heavy atom. The fraction of sp³-hybridized carbons (Fsp3) is 0.615. The van der Waals surface area contributed by atoms with Crippen molar-refractivity contribution in [2.45, 2.75) is 32.6 Å². The van der Waals surface area contributed by atoms with Crippen LogP contribution in [0.5, 0.6) is 0 Å². The second kappa shape index (κ2) is 5.97. The molecule has 6 heteroatoms. The number of piperidine rings is 1. The van der Waals surface area contributed by atoms with Crippen LogP contribution >= 0.6 is 0 Å². The van der Waals surface area contributed by atoms with Crippen LogP contribution in [-0.2, 0) is 4.74 Å². The van der Waals surface area contributed by atoms with Crippen LogP contribution in [0.1, 0.15) is 47.6 Å². The number of nitrogens with zero attached hydrogens (tertiary/aromatic N) is 1. The average molecular weight is 265 g/mol. The number of aromatic nitrogens is 2. The Labute approximate surface area is 111 Å². The summed E-state index contributed by atoms with van der Waals surface area (Å²) in [6.45, 7) is 5.44. The second-order valence-electron chi connectivity index (χ2n) is 4.66. The van der Waals surface area contributed by atoms with E-state index >= 15 is 0 Å². The molecule has 1 saturated heterocycles. The molecule has 1 aliphatic heterocycles. The maximum Gasteiger partial charge on any atom is 0.345 e. The number of aromatic amines is 1. The molecule has 0 unspecified atom stereocenters. The third-order valence-electron chi connectivity index (χ3n) is 3.27. The van der Waals surface area contributed by atoms with Gasteiger partial charge >= 0.3 is 5.97 Å². The molecule has 0 saturated carbocycles. The molecule has 0 aromatic carbocycles. The Morgan fingerprint density at radius 2 is 2.11 bits per heavy atom. The lowest BCUT2D eigenvalue weighted by Gasteiger charge is -2.23. The van der Waals surface area contributed by atoms with Gasteiger partial charge in [0.2, 0.25) is 0 Å². The summed E-state index contributed by atoms with van der Waals surface area (Å²) in [6.07, 6.45) is 1.75. The largest absolute Gasteiger partial charge is 0.462 e. The number of ether oxygens (including phenoxy) is 1. The maximum atomic E-state index is 12.0. The highest BCUT2D eigenvalue weighted by Crippen LogP contribution is 2.25. The van der Waals surface area contributed by atoms with Gasteiger partial charge in [0.25, 0.3) is 5.56 Å². The summed E-state index contributed by atoms with van der Waals surface area (Å²) < 4.78 is 4.97. The van der Waals surface area contributed by atoms with Gasteiger partial charge in [-0.1, -0.05) is 0 Å². The summed E-state index contributed by atoms with van der Waals surface area (Å²) in [5.74, 6) is 0.0954. The normalized spacial score (nSPS) is 16.3. The molecule has 0 radical (unpaired) electrons. The van der Waals surface area contributed by atoms with E-state index in [1.807, 2.05) is 0 Å². The van der Waals surface area contributed by atoms with Crippen LogP contribution in [-0.4, -0.2) is 35.6 Å². The number of nitrogens with one attached hydrogen (secondary N) is 2. The highest BCUT2D eigenvalue weighted by molar-refractivity contribution is 5.90. The molecule has 104 valence electrons. The standard InChI is InChI=1S/C13H19N3O3/c1-3-19-13(18)10-11(9-4-6-14-7-5-9)15-8(2)16-12(10)17/h9,14H,3-7H2,1-2H3,(H,15,16,17). The van der Waals surface area contributed by atoms with Crippen molar-refractivity contribution >= 4 is 5.97 Å². The topological polar surface area (TPSA) is 84.1 Å². The lowest BCUT2D eigenvalue weighted by molar-refractivity contribution is 0.0521. The van der Waals surface area contributed by atoms with Gasteiger partial charge in [-0.25, -0.2) is 9.78 Å². The number of H-pyrrole nitrogens is 1. The first kappa shape index (κ1) is 13.7. The quantitative estimate of drug-likeness (QED) is 0.787. The van der Waals surface area contributed by atoms with Crippen molar-refractivity contribution < 1.29 is 9.53 Å². The Balaban J connectivity index is 2.44. The molecule has 2 rings (SSSR count). The number of rotatable bonds is 3. The third-order valence-corrected chi connectivity index (χ3v) is 3.27. The lowest BCUT2D eigenvalue weighted by Crippen LogP contribution is -2.31. The number of hydrogen-bond donors (Lipinski definition) is 2. The van der Waals surface area contributed by atoms with Gasteiger partial charge in [0.1, 0.15) is 11.4 Å². The van der Waals surface area contributed by atoms with E-state index in [9.17, 15) is 9.59 Å². The van der Waals surface area contributed by atoms with Crippen LogP contribution < -0.4 is 10.9 Å². The van der Waals surface area contributed by atoms with E-state index in [1.165, 1.54) is 0 Å². The Kier molecular flexibility index (Phi) is 4.31. The van der Waals surface area contributed by atoms with Crippen molar-refractivity contribution in [3.63, 3.8) is 0 Å². The van der Waals surface area contributed by atoms with E-state index in [1.54, 1.807) is 13.8 Å². The molecule has 1 aliphatic rings. The summed E-state index contributed by atoms with van der Waals surface area (Å²) in [4.78, 5) is 30.9. The van der Waals surface area contributed by atoms with Gasteiger partial charge < -0.3 is 15.0 Å². The van der Waals surface area contributed by atoms with Crippen molar-refractivity contribution in [3.05, 3.63) is 27.4 Å². The van der Waals surface area contributed by atoms with Crippen LogP contribution in [0.3, 0.4) is 0 Å². The van der Waals surface area contributed by atoms with E-state index in [-0.39, 0.29) is 18.1 Å². The molecular formula is C13H19N3O3. The van der Waals surface area contributed by atoms with E-state index in [0.717, 1.165) is 25.9 Å². The molecule has 0 aliphatic carbocycles. The molecule has 2 N–H and O–H groups in total. The van der Waals surface area contributed by atoms with Crippen molar-refractivity contribution in [2.24, 2.45) is 0 Å². The molecule has 1 aromatic rings. The van der Waals surface area contributed by atoms with Crippen molar-refractivity contribution in [1.82, 2.24) is 15.3 Å². The fourth-order valence-corrected chi connectivity index (χ4v) is 2.40. The first-order valence-corrected chi connectivity index (χ1v) is 6.62. The van der Waals surface area contributed by atoms with E-state index in [2.05, 4.69) is 15.3 Å². The molecule has 2 heterocycles. The molecule has 0 bridgehead atoms. The predicted molar refractivity (Wildman–Crippen MR) is 70.4 cm³/mol. The van der Waals surface area contributed by atoms with Crippen LogP contribution in [0.4, 0.5) is 0 Å². The van der Waals surface area contributed by atoms with Gasteiger partial charge in [-0.15, -0.1) is 0 Å². The minimum Gasteiger partial charge on any atom is -0.462 e. The second-order valence-corrected chi connectivity index (χ2v) is 4.66. The molecular weight excluding hydrogens is 246 g/mol. The molecule has 1 fully saturated rings. The van der Waals surface area contributed by atoms with Crippen molar-refractivity contribution in [1.29, 1.82) is 0 Å². The summed E-state index contributed by atoms with van der Waals surface area (Å²) >= 11 is 0. The zero-order valence-electron chi connectivity index (χ0n) is 11.3. The average Bonchev–Trinajstić information content (AvgIpc) is 2.39. The van der Waals surface area contributed by atoms with Crippen LogP contribution in [0.25, 0.3) is 0 Å². The summed E-state index contributed by atoms with van der Waals surface area (Å²) in [5, 5.41) is 3.26. The van der Waals surface area contributed by atoms with Crippen molar-refractivity contribution in [2.75, 3.05) is 19.7 Å². The van der Waals surface area contributed by atoms with Crippen LogP contribution in [0.2, 0.25) is 0 Å². The minimum atomic E-state index is -0.579. The van der Waals surface area contributed by atoms with E-state index < -0.39 is 11.5 Å². The predicted octanol–water partition coefficient (Wildman–Crippen LogP) is 0.722. The first-order chi connectivity index (χ1) is 9.13. The van der Waals surface area contributed by atoms with Crippen LogP contribution in [0, 0.1) is 6.92 Å².